The highest BCUT2D eigenvalue weighted by molar-refractivity contribution is 5.59. The second-order valence-electron chi connectivity index (χ2n) is 2.07. The summed E-state index contributed by atoms with van der Waals surface area (Å²) in [4.78, 5) is 2.59. The van der Waals surface area contributed by atoms with Gasteiger partial charge in [-0.05, 0) is 17.7 Å². The van der Waals surface area contributed by atoms with Crippen LogP contribution in [0.4, 0.5) is 11.4 Å². The third kappa shape index (κ3) is 1.45. The van der Waals surface area contributed by atoms with E-state index in [0.29, 0.717) is 16.9 Å². The third-order valence-electron chi connectivity index (χ3n) is 1.32. The van der Waals surface area contributed by atoms with Gasteiger partial charge in [-0.15, -0.1) is 0 Å². The van der Waals surface area contributed by atoms with Gasteiger partial charge in [0, 0.05) is 16.3 Å². The number of nitrogens with two attached hydrogens (primary N) is 1. The highest BCUT2D eigenvalue weighted by Gasteiger charge is 1.97. The summed E-state index contributed by atoms with van der Waals surface area (Å²) in [6, 6.07) is 6.41. The highest BCUT2D eigenvalue weighted by Crippen LogP contribution is 2.19. The first-order valence-corrected chi connectivity index (χ1v) is 3.12. The summed E-state index contributed by atoms with van der Waals surface area (Å²) in [5.41, 5.74) is 14.6. The number of hydrogen-bond donors (Lipinski definition) is 1. The lowest BCUT2D eigenvalue weighted by molar-refractivity contribution is 1.44. The quantitative estimate of drug-likeness (QED) is 0.293. The van der Waals surface area contributed by atoms with Gasteiger partial charge in [-0.1, -0.05) is 11.2 Å². The zero-order chi connectivity index (χ0) is 8.97. The predicted octanol–water partition coefficient (Wildman–Crippen LogP) is 2.08. The van der Waals surface area contributed by atoms with Crippen LogP contribution in [0.2, 0.25) is 0 Å². The summed E-state index contributed by atoms with van der Waals surface area (Å²) >= 11 is 0. The average molecular weight is 159 g/mol. The molecule has 1 aromatic rings. The smallest absolute Gasteiger partial charge is 0.101 e. The second kappa shape index (κ2) is 3.28. The number of rotatable bonds is 1. The molecule has 0 atom stereocenters. The van der Waals surface area contributed by atoms with Crippen molar-refractivity contribution in [2.75, 3.05) is 5.73 Å². The first-order chi connectivity index (χ1) is 5.77. The van der Waals surface area contributed by atoms with Crippen LogP contribution in [0.3, 0.4) is 0 Å². The van der Waals surface area contributed by atoms with E-state index in [0.717, 1.165) is 0 Å². The summed E-state index contributed by atoms with van der Waals surface area (Å²) in [5.74, 6) is 0. The van der Waals surface area contributed by atoms with Crippen molar-refractivity contribution in [2.45, 2.75) is 0 Å². The normalized spacial score (nSPS) is 8.25. The molecule has 2 N–H and O–H groups in total. The van der Waals surface area contributed by atoms with Crippen LogP contribution < -0.4 is 5.73 Å². The highest BCUT2D eigenvalue weighted by atomic mass is 15.1. The maximum absolute atomic E-state index is 8.55. The minimum Gasteiger partial charge on any atom is -0.398 e. The number of nitrogen functional groups attached to an aromatic ring is 1. The lowest BCUT2D eigenvalue weighted by atomic mass is 10.2. The second-order valence-corrected chi connectivity index (χ2v) is 2.07. The largest absolute Gasteiger partial charge is 0.398 e. The zero-order valence-electron chi connectivity index (χ0n) is 6.10. The molecule has 0 aromatic heterocycles. The molecule has 0 saturated heterocycles. The molecule has 1 rings (SSSR count). The fourth-order valence-electron chi connectivity index (χ4n) is 0.755. The van der Waals surface area contributed by atoms with Gasteiger partial charge in [-0.3, -0.25) is 0 Å². The van der Waals surface area contributed by atoms with Crippen molar-refractivity contribution >= 4 is 11.4 Å². The van der Waals surface area contributed by atoms with Gasteiger partial charge in [-0.25, -0.2) is 0 Å². The molecule has 58 valence electrons. The Morgan fingerprint density at radius 2 is 2.33 bits per heavy atom. The number of hydrogen-bond acceptors (Lipinski definition) is 3. The topological polar surface area (TPSA) is 98.6 Å². The van der Waals surface area contributed by atoms with Crippen LogP contribution in [-0.2, 0) is 0 Å². The van der Waals surface area contributed by atoms with E-state index in [9.17, 15) is 0 Å². The van der Waals surface area contributed by atoms with Crippen molar-refractivity contribution in [1.82, 2.24) is 0 Å². The van der Waals surface area contributed by atoms with Crippen LogP contribution in [0.1, 0.15) is 5.56 Å². The maximum atomic E-state index is 8.55. The van der Waals surface area contributed by atoms with E-state index < -0.39 is 0 Å². The summed E-state index contributed by atoms with van der Waals surface area (Å²) in [5, 5.41) is 11.9. The predicted molar refractivity (Wildman–Crippen MR) is 44.4 cm³/mol. The van der Waals surface area contributed by atoms with Gasteiger partial charge in [0.15, 0.2) is 0 Å². The average Bonchev–Trinajstić information content (AvgIpc) is 2.09. The Labute approximate surface area is 68.7 Å². The van der Waals surface area contributed by atoms with Gasteiger partial charge < -0.3 is 5.73 Å². The van der Waals surface area contributed by atoms with E-state index in [4.69, 9.17) is 16.5 Å². The Morgan fingerprint density at radius 3 is 2.92 bits per heavy atom. The monoisotopic (exact) mass is 159 g/mol. The Balaban J connectivity index is 3.24. The number of nitriles is 1. The number of nitrogens with zero attached hydrogens (tertiary/aromatic N) is 4. The fourth-order valence-corrected chi connectivity index (χ4v) is 0.755. The molecular weight excluding hydrogens is 154 g/mol. The standard InChI is InChI=1S/C7H5N5/c8-4-5-3-6(11-12-10)1-2-7(5)9/h1-3H,9H2. The van der Waals surface area contributed by atoms with Crippen LogP contribution in [0.15, 0.2) is 23.3 Å². The molecule has 0 radical (unpaired) electrons. The number of anilines is 1. The minimum absolute atomic E-state index is 0.319. The van der Waals surface area contributed by atoms with E-state index in [-0.39, 0.29) is 0 Å². The molecule has 0 saturated carbocycles. The van der Waals surface area contributed by atoms with Gasteiger partial charge in [0.05, 0.1) is 5.56 Å². The van der Waals surface area contributed by atoms with E-state index in [2.05, 4.69) is 10.0 Å². The first kappa shape index (κ1) is 7.92. The molecule has 0 unspecified atom stereocenters. The summed E-state index contributed by atoms with van der Waals surface area (Å²) < 4.78 is 0. The SMILES string of the molecule is N#Cc1cc(N=[N+]=[N-])ccc1N. The Hall–Kier alpha value is -2.18. The Bertz CT molecular complexity index is 383. The van der Waals surface area contributed by atoms with Crippen LogP contribution in [0.25, 0.3) is 10.4 Å². The summed E-state index contributed by atoms with van der Waals surface area (Å²) in [6.07, 6.45) is 0. The van der Waals surface area contributed by atoms with E-state index in [1.165, 1.54) is 12.1 Å². The van der Waals surface area contributed by atoms with Crippen molar-refractivity contribution in [3.05, 3.63) is 34.2 Å². The molecule has 5 nitrogen and oxygen atoms in total. The Kier molecular flexibility index (Phi) is 2.17. The van der Waals surface area contributed by atoms with E-state index >= 15 is 0 Å². The van der Waals surface area contributed by atoms with Crippen molar-refractivity contribution in [3.63, 3.8) is 0 Å². The first-order valence-electron chi connectivity index (χ1n) is 3.12. The van der Waals surface area contributed by atoms with Gasteiger partial charge in [0.1, 0.15) is 6.07 Å². The molecule has 0 fully saturated rings. The third-order valence-corrected chi connectivity index (χ3v) is 1.32. The molecule has 0 amide bonds. The molecule has 0 heterocycles. The van der Waals surface area contributed by atoms with Crippen molar-refractivity contribution < 1.29 is 0 Å². The van der Waals surface area contributed by atoms with Crippen molar-refractivity contribution in [2.24, 2.45) is 5.11 Å². The van der Waals surface area contributed by atoms with Crippen LogP contribution in [-0.4, -0.2) is 0 Å². The molecule has 0 aliphatic rings. The molecule has 5 heteroatoms. The van der Waals surface area contributed by atoms with Gasteiger partial charge in [0.2, 0.25) is 0 Å². The van der Waals surface area contributed by atoms with Crippen LogP contribution in [0, 0.1) is 11.3 Å². The Morgan fingerprint density at radius 1 is 1.58 bits per heavy atom. The van der Waals surface area contributed by atoms with Crippen LogP contribution >= 0.6 is 0 Å². The molecule has 0 aliphatic carbocycles. The molecule has 1 aromatic carbocycles. The van der Waals surface area contributed by atoms with Crippen molar-refractivity contribution in [1.29, 1.82) is 5.26 Å². The van der Waals surface area contributed by atoms with Gasteiger partial charge in [0.25, 0.3) is 0 Å². The lowest BCUT2D eigenvalue weighted by Crippen LogP contribution is -1.88. The lowest BCUT2D eigenvalue weighted by Gasteiger charge is -1.96. The van der Waals surface area contributed by atoms with Gasteiger partial charge in [-0.2, -0.15) is 5.26 Å². The molecule has 12 heavy (non-hydrogen) atoms. The number of benzene rings is 1. The van der Waals surface area contributed by atoms with Gasteiger partial charge >= 0.3 is 0 Å². The van der Waals surface area contributed by atoms with E-state index in [1.54, 1.807) is 6.07 Å². The molecule has 0 aliphatic heterocycles. The van der Waals surface area contributed by atoms with Crippen LogP contribution in [0.5, 0.6) is 0 Å². The molecule has 0 bridgehead atoms. The summed E-state index contributed by atoms with van der Waals surface area (Å²) in [6.45, 7) is 0. The maximum Gasteiger partial charge on any atom is 0.101 e. The summed E-state index contributed by atoms with van der Waals surface area (Å²) in [7, 11) is 0. The fraction of sp³-hybridized carbons (Fsp3) is 0. The van der Waals surface area contributed by atoms with Crippen molar-refractivity contribution in [3.8, 4) is 6.07 Å². The molecular formula is C7H5N5. The zero-order valence-corrected chi connectivity index (χ0v) is 6.10. The van der Waals surface area contributed by atoms with E-state index in [1.807, 2.05) is 6.07 Å². The molecule has 0 spiro atoms. The number of azide groups is 1. The minimum atomic E-state index is 0.319.